The molecule has 0 aromatic carbocycles. The van der Waals surface area contributed by atoms with Crippen molar-refractivity contribution in [2.24, 2.45) is 0 Å². The van der Waals surface area contributed by atoms with Gasteiger partial charge >= 0.3 is 0 Å². The van der Waals surface area contributed by atoms with Crippen LogP contribution in [-0.4, -0.2) is 49.2 Å². The van der Waals surface area contributed by atoms with Gasteiger partial charge < -0.3 is 20.3 Å². The summed E-state index contributed by atoms with van der Waals surface area (Å²) >= 11 is 5.95. The van der Waals surface area contributed by atoms with Crippen LogP contribution in [0.3, 0.4) is 0 Å². The van der Waals surface area contributed by atoms with Crippen molar-refractivity contribution in [1.82, 2.24) is 9.88 Å². The summed E-state index contributed by atoms with van der Waals surface area (Å²) < 4.78 is 5.71. The first kappa shape index (κ1) is 10.9. The van der Waals surface area contributed by atoms with Crippen molar-refractivity contribution >= 4 is 23.2 Å². The summed E-state index contributed by atoms with van der Waals surface area (Å²) in [4.78, 5) is 8.92. The van der Waals surface area contributed by atoms with Crippen LogP contribution in [0.15, 0.2) is 6.07 Å². The Balaban J connectivity index is 1.98. The highest BCUT2D eigenvalue weighted by Crippen LogP contribution is 2.37. The lowest BCUT2D eigenvalue weighted by molar-refractivity contribution is 0.186. The summed E-state index contributed by atoms with van der Waals surface area (Å²) in [5.74, 6) is 1.94. The van der Waals surface area contributed by atoms with E-state index in [0.717, 1.165) is 31.2 Å². The van der Waals surface area contributed by atoms with Crippen LogP contribution in [-0.2, 0) is 0 Å². The minimum Gasteiger partial charge on any atom is -0.487 e. The molecule has 0 saturated carbocycles. The average Bonchev–Trinajstić information content (AvgIpc) is 2.30. The third-order valence-electron chi connectivity index (χ3n) is 3.34. The summed E-state index contributed by atoms with van der Waals surface area (Å²) in [6, 6.07) is 2.11. The standard InChI is InChI=1S/C11H15ClN4O/c1-15-2-3-16-7(5-15)6-17-9-4-8(12)10(13)14-11(9)16/h4,7H,2-3,5-6H2,1H3,(H2,13,14)/t7-/m0/s1. The van der Waals surface area contributed by atoms with Gasteiger partial charge in [0.15, 0.2) is 11.6 Å². The highest BCUT2D eigenvalue weighted by Gasteiger charge is 2.33. The van der Waals surface area contributed by atoms with Crippen LogP contribution in [0, 0.1) is 0 Å². The van der Waals surface area contributed by atoms with Gasteiger partial charge in [-0.25, -0.2) is 4.98 Å². The Kier molecular flexibility index (Phi) is 2.52. The van der Waals surface area contributed by atoms with Crippen molar-refractivity contribution < 1.29 is 4.74 Å². The maximum absolute atomic E-state index is 5.95. The van der Waals surface area contributed by atoms with E-state index < -0.39 is 0 Å². The van der Waals surface area contributed by atoms with Crippen LogP contribution >= 0.6 is 11.6 Å². The van der Waals surface area contributed by atoms with Gasteiger partial charge in [-0.05, 0) is 7.05 Å². The van der Waals surface area contributed by atoms with Crippen LogP contribution < -0.4 is 15.4 Å². The van der Waals surface area contributed by atoms with Crippen molar-refractivity contribution in [3.8, 4) is 5.75 Å². The highest BCUT2D eigenvalue weighted by molar-refractivity contribution is 6.33. The molecule has 1 saturated heterocycles. The van der Waals surface area contributed by atoms with Crippen LogP contribution in [0.2, 0.25) is 5.02 Å². The number of nitrogens with zero attached hydrogens (tertiary/aromatic N) is 3. The summed E-state index contributed by atoms with van der Waals surface area (Å²) in [6.07, 6.45) is 0. The van der Waals surface area contributed by atoms with E-state index in [-0.39, 0.29) is 0 Å². The molecule has 0 spiro atoms. The fraction of sp³-hybridized carbons (Fsp3) is 0.545. The molecule has 0 aliphatic carbocycles. The van der Waals surface area contributed by atoms with Crippen LogP contribution in [0.4, 0.5) is 11.6 Å². The molecule has 2 N–H and O–H groups in total. The quantitative estimate of drug-likeness (QED) is 0.743. The normalized spacial score (nSPS) is 23.9. The summed E-state index contributed by atoms with van der Waals surface area (Å²) in [6.45, 7) is 3.65. The molecular formula is C11H15ClN4O. The van der Waals surface area contributed by atoms with Crippen molar-refractivity contribution in [2.45, 2.75) is 6.04 Å². The number of aromatic nitrogens is 1. The SMILES string of the molecule is CN1CCN2c3nc(N)c(Cl)cc3OC[C@@H]2C1. The van der Waals surface area contributed by atoms with E-state index in [1.807, 2.05) is 0 Å². The highest BCUT2D eigenvalue weighted by atomic mass is 35.5. The van der Waals surface area contributed by atoms with Crippen LogP contribution in [0.25, 0.3) is 0 Å². The zero-order valence-electron chi connectivity index (χ0n) is 9.69. The molecule has 92 valence electrons. The lowest BCUT2D eigenvalue weighted by atomic mass is 10.1. The number of halogens is 1. The topological polar surface area (TPSA) is 54.6 Å². The van der Waals surface area contributed by atoms with Crippen molar-refractivity contribution in [1.29, 1.82) is 0 Å². The molecule has 17 heavy (non-hydrogen) atoms. The summed E-state index contributed by atoms with van der Waals surface area (Å²) in [7, 11) is 2.12. The number of fused-ring (bicyclic) bond motifs is 3. The zero-order chi connectivity index (χ0) is 12.0. The fourth-order valence-corrected chi connectivity index (χ4v) is 2.55. The minimum absolute atomic E-state index is 0.356. The Hall–Kier alpha value is -1.20. The second kappa shape index (κ2) is 3.92. The van der Waals surface area contributed by atoms with Gasteiger partial charge in [0.25, 0.3) is 0 Å². The van der Waals surface area contributed by atoms with Gasteiger partial charge in [-0.3, -0.25) is 0 Å². The molecule has 1 aromatic heterocycles. The Morgan fingerprint density at radius 1 is 1.53 bits per heavy atom. The number of hydrogen-bond donors (Lipinski definition) is 1. The number of nitrogens with two attached hydrogens (primary N) is 1. The van der Waals surface area contributed by atoms with E-state index in [9.17, 15) is 0 Å². The Bertz CT molecular complexity index is 453. The number of ether oxygens (including phenoxy) is 1. The average molecular weight is 255 g/mol. The molecule has 0 bridgehead atoms. The van der Waals surface area contributed by atoms with Gasteiger partial charge in [-0.1, -0.05) is 11.6 Å². The molecular weight excluding hydrogens is 240 g/mol. The first-order chi connectivity index (χ1) is 8.15. The smallest absolute Gasteiger partial charge is 0.174 e. The molecule has 2 aliphatic rings. The maximum Gasteiger partial charge on any atom is 0.174 e. The van der Waals surface area contributed by atoms with Crippen molar-refractivity contribution in [3.05, 3.63) is 11.1 Å². The Morgan fingerprint density at radius 2 is 2.35 bits per heavy atom. The number of pyridine rings is 1. The maximum atomic E-state index is 5.95. The predicted molar refractivity (Wildman–Crippen MR) is 67.8 cm³/mol. The molecule has 1 fully saturated rings. The monoisotopic (exact) mass is 254 g/mol. The van der Waals surface area contributed by atoms with E-state index in [2.05, 4.69) is 21.8 Å². The minimum atomic E-state index is 0.356. The van der Waals surface area contributed by atoms with Crippen LogP contribution in [0.5, 0.6) is 5.75 Å². The molecule has 3 rings (SSSR count). The molecule has 1 aromatic rings. The lowest BCUT2D eigenvalue weighted by Gasteiger charge is -2.43. The van der Waals surface area contributed by atoms with E-state index in [1.165, 1.54) is 0 Å². The fourth-order valence-electron chi connectivity index (χ4n) is 2.41. The Labute approximate surface area is 105 Å². The number of nitrogen functional groups attached to an aromatic ring is 1. The number of rotatable bonds is 0. The molecule has 0 unspecified atom stereocenters. The number of piperazine rings is 1. The van der Waals surface area contributed by atoms with E-state index in [0.29, 0.717) is 23.5 Å². The molecule has 0 radical (unpaired) electrons. The van der Waals surface area contributed by atoms with Crippen molar-refractivity contribution in [2.75, 3.05) is 43.9 Å². The number of anilines is 2. The van der Waals surface area contributed by atoms with E-state index in [1.54, 1.807) is 6.07 Å². The van der Waals surface area contributed by atoms with E-state index in [4.69, 9.17) is 22.1 Å². The van der Waals surface area contributed by atoms with Gasteiger partial charge in [-0.15, -0.1) is 0 Å². The first-order valence-corrected chi connectivity index (χ1v) is 6.07. The number of likely N-dealkylation sites (N-methyl/N-ethyl adjacent to an activating group) is 1. The molecule has 2 aliphatic heterocycles. The summed E-state index contributed by atoms with van der Waals surface area (Å²) in [5.41, 5.74) is 5.76. The Morgan fingerprint density at radius 3 is 3.18 bits per heavy atom. The molecule has 1 atom stereocenters. The summed E-state index contributed by atoms with van der Waals surface area (Å²) in [5, 5.41) is 0.455. The van der Waals surface area contributed by atoms with Gasteiger partial charge in [0.05, 0.1) is 11.1 Å². The van der Waals surface area contributed by atoms with Gasteiger partial charge in [0.1, 0.15) is 12.4 Å². The van der Waals surface area contributed by atoms with Gasteiger partial charge in [0.2, 0.25) is 0 Å². The third kappa shape index (κ3) is 1.79. The molecule has 3 heterocycles. The molecule has 0 amide bonds. The van der Waals surface area contributed by atoms with E-state index >= 15 is 0 Å². The first-order valence-electron chi connectivity index (χ1n) is 5.69. The van der Waals surface area contributed by atoms with Gasteiger partial charge in [0, 0.05) is 25.7 Å². The van der Waals surface area contributed by atoms with Crippen molar-refractivity contribution in [3.63, 3.8) is 0 Å². The second-order valence-electron chi connectivity index (χ2n) is 4.60. The number of hydrogen-bond acceptors (Lipinski definition) is 5. The lowest BCUT2D eigenvalue weighted by Crippen LogP contribution is -2.56. The largest absolute Gasteiger partial charge is 0.487 e. The second-order valence-corrected chi connectivity index (χ2v) is 5.00. The molecule has 6 heteroatoms. The predicted octanol–water partition coefficient (Wildman–Crippen LogP) is 0.830. The molecule has 5 nitrogen and oxygen atoms in total. The zero-order valence-corrected chi connectivity index (χ0v) is 10.4. The van der Waals surface area contributed by atoms with Crippen LogP contribution in [0.1, 0.15) is 0 Å². The van der Waals surface area contributed by atoms with Gasteiger partial charge in [-0.2, -0.15) is 0 Å². The third-order valence-corrected chi connectivity index (χ3v) is 3.64.